The number of rotatable bonds is 3. The van der Waals surface area contributed by atoms with E-state index in [1.807, 2.05) is 33.9 Å². The zero-order valence-corrected chi connectivity index (χ0v) is 7.76. The van der Waals surface area contributed by atoms with E-state index in [-0.39, 0.29) is 12.1 Å². The maximum Gasteiger partial charge on any atom is 0.0728 e. The highest BCUT2D eigenvalue weighted by Crippen LogP contribution is 2.10. The van der Waals surface area contributed by atoms with Crippen molar-refractivity contribution in [2.75, 3.05) is 6.61 Å². The van der Waals surface area contributed by atoms with Crippen LogP contribution in [0.1, 0.15) is 27.7 Å². The van der Waals surface area contributed by atoms with Crippen LogP contribution in [0.2, 0.25) is 0 Å². The quantitative estimate of drug-likeness (QED) is 0.473. The Bertz CT molecular complexity index is 148. The zero-order chi connectivity index (χ0) is 9.07. The molecule has 0 saturated carbocycles. The van der Waals surface area contributed by atoms with E-state index in [4.69, 9.17) is 10.9 Å². The molecule has 0 aliphatic carbocycles. The lowest BCUT2D eigenvalue weighted by Gasteiger charge is -2.32. The maximum absolute atomic E-state index is 8.93. The second-order valence-corrected chi connectivity index (χ2v) is 3.58. The lowest BCUT2D eigenvalue weighted by Crippen LogP contribution is -2.47. The Labute approximate surface area is 68.5 Å². The van der Waals surface area contributed by atoms with Gasteiger partial charge in [0.2, 0.25) is 0 Å². The van der Waals surface area contributed by atoms with Gasteiger partial charge in [-0.2, -0.15) is 0 Å². The number of nitrogens with two attached hydrogens (primary N) is 1. The summed E-state index contributed by atoms with van der Waals surface area (Å²) in [6.07, 6.45) is 1.82. The van der Waals surface area contributed by atoms with Crippen molar-refractivity contribution in [3.63, 3.8) is 0 Å². The largest absolute Gasteiger partial charge is 0.394 e. The van der Waals surface area contributed by atoms with Crippen LogP contribution in [0.15, 0.2) is 11.8 Å². The Balaban J connectivity index is 4.24. The molecular formula is C8H18N2O. The summed E-state index contributed by atoms with van der Waals surface area (Å²) >= 11 is 0. The van der Waals surface area contributed by atoms with Gasteiger partial charge in [-0.1, -0.05) is 5.57 Å². The molecule has 3 N–H and O–H groups in total. The molecule has 3 nitrogen and oxygen atoms in total. The second-order valence-electron chi connectivity index (χ2n) is 3.58. The van der Waals surface area contributed by atoms with Gasteiger partial charge in [0.05, 0.1) is 12.1 Å². The van der Waals surface area contributed by atoms with E-state index in [0.29, 0.717) is 0 Å². The van der Waals surface area contributed by atoms with E-state index in [2.05, 4.69) is 0 Å². The predicted molar refractivity (Wildman–Crippen MR) is 46.6 cm³/mol. The molecule has 0 heterocycles. The van der Waals surface area contributed by atoms with Gasteiger partial charge in [-0.15, -0.1) is 0 Å². The van der Waals surface area contributed by atoms with E-state index in [9.17, 15) is 0 Å². The normalized spacial score (nSPS) is 11.1. The first-order chi connectivity index (χ1) is 4.90. The van der Waals surface area contributed by atoms with Crippen LogP contribution in [0, 0.1) is 0 Å². The summed E-state index contributed by atoms with van der Waals surface area (Å²) in [4.78, 5) is 0. The first-order valence-electron chi connectivity index (χ1n) is 3.70. The van der Waals surface area contributed by atoms with Gasteiger partial charge in [0.1, 0.15) is 0 Å². The SMILES string of the molecule is CC(C)=CN(N)C(C)(C)CO. The van der Waals surface area contributed by atoms with Gasteiger partial charge in [0.25, 0.3) is 0 Å². The van der Waals surface area contributed by atoms with Gasteiger partial charge in [-0.3, -0.25) is 0 Å². The van der Waals surface area contributed by atoms with Gasteiger partial charge in [-0.25, -0.2) is 5.84 Å². The van der Waals surface area contributed by atoms with Crippen LogP contribution < -0.4 is 5.84 Å². The first-order valence-corrected chi connectivity index (χ1v) is 3.70. The highest BCUT2D eigenvalue weighted by Gasteiger charge is 2.20. The van der Waals surface area contributed by atoms with Crippen molar-refractivity contribution in [1.82, 2.24) is 5.01 Å². The van der Waals surface area contributed by atoms with Gasteiger partial charge >= 0.3 is 0 Å². The number of hydrogen-bond donors (Lipinski definition) is 2. The van der Waals surface area contributed by atoms with Crippen LogP contribution in [0.4, 0.5) is 0 Å². The standard InChI is InChI=1S/C8H18N2O/c1-7(2)5-10(9)8(3,4)6-11/h5,11H,6,9H2,1-4H3. The molecule has 0 radical (unpaired) electrons. The fourth-order valence-electron chi connectivity index (χ4n) is 0.535. The molecule has 0 fully saturated rings. The second kappa shape index (κ2) is 3.74. The summed E-state index contributed by atoms with van der Waals surface area (Å²) in [5.41, 5.74) is 0.742. The van der Waals surface area contributed by atoms with Gasteiger partial charge < -0.3 is 10.1 Å². The van der Waals surface area contributed by atoms with E-state index < -0.39 is 0 Å². The topological polar surface area (TPSA) is 49.5 Å². The Hall–Kier alpha value is -0.540. The summed E-state index contributed by atoms with van der Waals surface area (Å²) in [6.45, 7) is 7.74. The lowest BCUT2D eigenvalue weighted by atomic mass is 10.1. The smallest absolute Gasteiger partial charge is 0.0728 e. The summed E-state index contributed by atoms with van der Waals surface area (Å²) in [5.74, 6) is 5.66. The molecule has 0 aromatic carbocycles. The van der Waals surface area contributed by atoms with Crippen LogP contribution in [0.25, 0.3) is 0 Å². The minimum Gasteiger partial charge on any atom is -0.394 e. The Morgan fingerprint density at radius 2 is 2.00 bits per heavy atom. The minimum absolute atomic E-state index is 0.0489. The number of nitrogens with zero attached hydrogens (tertiary/aromatic N) is 1. The average Bonchev–Trinajstić information content (AvgIpc) is 1.86. The summed E-state index contributed by atoms with van der Waals surface area (Å²) in [5, 5.41) is 10.5. The lowest BCUT2D eigenvalue weighted by molar-refractivity contribution is 0.0958. The molecule has 0 rings (SSSR count). The predicted octanol–water partition coefficient (Wildman–Crippen LogP) is 0.857. The monoisotopic (exact) mass is 158 g/mol. The molecule has 11 heavy (non-hydrogen) atoms. The molecule has 0 aliphatic heterocycles. The molecule has 0 amide bonds. The maximum atomic E-state index is 8.93. The van der Waals surface area contributed by atoms with Crippen molar-refractivity contribution in [1.29, 1.82) is 0 Å². The summed E-state index contributed by atoms with van der Waals surface area (Å²) in [6, 6.07) is 0. The van der Waals surface area contributed by atoms with Crippen LogP contribution in [-0.4, -0.2) is 22.3 Å². The van der Waals surface area contributed by atoms with Crippen molar-refractivity contribution >= 4 is 0 Å². The highest BCUT2D eigenvalue weighted by molar-refractivity contribution is 4.95. The Morgan fingerprint density at radius 3 is 2.27 bits per heavy atom. The van der Waals surface area contributed by atoms with Crippen molar-refractivity contribution in [3.8, 4) is 0 Å². The summed E-state index contributed by atoms with van der Waals surface area (Å²) < 4.78 is 0. The van der Waals surface area contributed by atoms with Crippen molar-refractivity contribution in [3.05, 3.63) is 11.8 Å². The van der Waals surface area contributed by atoms with Crippen LogP contribution in [-0.2, 0) is 0 Å². The number of aliphatic hydroxyl groups excluding tert-OH is 1. The molecule has 0 saturated heterocycles. The Morgan fingerprint density at radius 1 is 1.55 bits per heavy atom. The third kappa shape index (κ3) is 3.39. The van der Waals surface area contributed by atoms with E-state index in [1.54, 1.807) is 0 Å². The molecule has 0 bridgehead atoms. The van der Waals surface area contributed by atoms with Crippen molar-refractivity contribution < 1.29 is 5.11 Å². The van der Waals surface area contributed by atoms with Gasteiger partial charge in [0.15, 0.2) is 0 Å². The number of hydrazine groups is 1. The van der Waals surface area contributed by atoms with Crippen molar-refractivity contribution in [2.24, 2.45) is 5.84 Å². The molecule has 66 valence electrons. The van der Waals surface area contributed by atoms with E-state index >= 15 is 0 Å². The molecular weight excluding hydrogens is 140 g/mol. The third-order valence-electron chi connectivity index (χ3n) is 1.48. The highest BCUT2D eigenvalue weighted by atomic mass is 16.3. The molecule has 0 atom stereocenters. The molecule has 0 aromatic rings. The molecule has 0 aromatic heterocycles. The fraction of sp³-hybridized carbons (Fsp3) is 0.750. The van der Waals surface area contributed by atoms with Crippen molar-refractivity contribution in [2.45, 2.75) is 33.2 Å². The first kappa shape index (κ1) is 10.5. The number of hydrogen-bond acceptors (Lipinski definition) is 3. The van der Waals surface area contributed by atoms with Crippen LogP contribution in [0.3, 0.4) is 0 Å². The zero-order valence-electron chi connectivity index (χ0n) is 7.76. The summed E-state index contributed by atoms with van der Waals surface area (Å²) in [7, 11) is 0. The average molecular weight is 158 g/mol. The molecule has 3 heteroatoms. The molecule has 0 aliphatic rings. The van der Waals surface area contributed by atoms with E-state index in [1.165, 1.54) is 5.01 Å². The number of aliphatic hydroxyl groups is 1. The molecule has 0 spiro atoms. The van der Waals surface area contributed by atoms with Gasteiger partial charge in [-0.05, 0) is 27.7 Å². The van der Waals surface area contributed by atoms with Crippen LogP contribution >= 0.6 is 0 Å². The minimum atomic E-state index is -0.378. The van der Waals surface area contributed by atoms with E-state index in [0.717, 1.165) is 5.57 Å². The van der Waals surface area contributed by atoms with Gasteiger partial charge in [0, 0.05) is 6.20 Å². The van der Waals surface area contributed by atoms with Crippen LogP contribution in [0.5, 0.6) is 0 Å². The third-order valence-corrected chi connectivity index (χ3v) is 1.48. The fourth-order valence-corrected chi connectivity index (χ4v) is 0.535. The molecule has 0 unspecified atom stereocenters. The Kier molecular flexibility index (Phi) is 3.55. The number of allylic oxidation sites excluding steroid dienone is 1.